The van der Waals surface area contributed by atoms with Gasteiger partial charge in [0.1, 0.15) is 18.4 Å². The van der Waals surface area contributed by atoms with Crippen LogP contribution < -0.4 is 21.1 Å². The minimum atomic E-state index is -0.726. The van der Waals surface area contributed by atoms with Gasteiger partial charge in [0, 0.05) is 0 Å². The lowest BCUT2D eigenvalue weighted by molar-refractivity contribution is -0.123. The van der Waals surface area contributed by atoms with Gasteiger partial charge in [0.15, 0.2) is 0 Å². The van der Waals surface area contributed by atoms with E-state index < -0.39 is 12.1 Å². The summed E-state index contributed by atoms with van der Waals surface area (Å²) in [7, 11) is 0. The molecule has 4 N–H and O–H groups in total. The van der Waals surface area contributed by atoms with E-state index in [-0.39, 0.29) is 17.4 Å². The molecule has 0 spiro atoms. The number of nitrogens with two attached hydrogens (primary N) is 1. The van der Waals surface area contributed by atoms with Gasteiger partial charge in [0.25, 0.3) is 0 Å². The number of urea groups is 1. The summed E-state index contributed by atoms with van der Waals surface area (Å²) in [5.74, 6) is 0.449. The van der Waals surface area contributed by atoms with Crippen molar-refractivity contribution >= 4 is 11.9 Å². The molecule has 1 aromatic carbocycles. The van der Waals surface area contributed by atoms with Gasteiger partial charge < -0.3 is 21.1 Å². The Morgan fingerprint density at radius 2 is 1.70 bits per heavy atom. The van der Waals surface area contributed by atoms with E-state index in [9.17, 15) is 9.59 Å². The summed E-state index contributed by atoms with van der Waals surface area (Å²) < 4.78 is 5.67. The topological polar surface area (TPSA) is 93.5 Å². The molecule has 0 radical (unpaired) electrons. The molecule has 0 aliphatic rings. The predicted molar refractivity (Wildman–Crippen MR) is 90.4 cm³/mol. The van der Waals surface area contributed by atoms with Crippen LogP contribution in [0, 0.1) is 0 Å². The van der Waals surface area contributed by atoms with E-state index in [4.69, 9.17) is 10.5 Å². The van der Waals surface area contributed by atoms with Crippen molar-refractivity contribution in [1.29, 1.82) is 0 Å². The monoisotopic (exact) mass is 321 g/mol. The van der Waals surface area contributed by atoms with Crippen LogP contribution in [0.1, 0.15) is 40.2 Å². The molecule has 0 heterocycles. The Bertz CT molecular complexity index is 535. The number of rotatable bonds is 6. The van der Waals surface area contributed by atoms with Crippen LogP contribution in [0.3, 0.4) is 0 Å². The SMILES string of the molecule is C[C@H](NC(N)=O)C(=O)N[C@@H](C)COc1ccc(C(C)(C)C)cc1. The third kappa shape index (κ3) is 6.59. The molecule has 0 bridgehead atoms. The lowest BCUT2D eigenvalue weighted by atomic mass is 9.87. The molecular formula is C17H27N3O3. The van der Waals surface area contributed by atoms with Crippen LogP contribution in [0.4, 0.5) is 4.79 Å². The third-order valence-electron chi connectivity index (χ3n) is 3.36. The fourth-order valence-corrected chi connectivity index (χ4v) is 1.96. The molecule has 6 heteroatoms. The Morgan fingerprint density at radius 3 is 2.17 bits per heavy atom. The lowest BCUT2D eigenvalue weighted by Crippen LogP contribution is -2.50. The Labute approximate surface area is 137 Å². The molecule has 0 saturated heterocycles. The van der Waals surface area contributed by atoms with Crippen molar-refractivity contribution < 1.29 is 14.3 Å². The van der Waals surface area contributed by atoms with Gasteiger partial charge in [-0.1, -0.05) is 32.9 Å². The Morgan fingerprint density at radius 1 is 1.13 bits per heavy atom. The van der Waals surface area contributed by atoms with Gasteiger partial charge in [-0.25, -0.2) is 4.79 Å². The van der Waals surface area contributed by atoms with Gasteiger partial charge in [0.05, 0.1) is 6.04 Å². The zero-order valence-corrected chi connectivity index (χ0v) is 14.5. The summed E-state index contributed by atoms with van der Waals surface area (Å²) in [6.07, 6.45) is 0. The van der Waals surface area contributed by atoms with E-state index in [2.05, 4.69) is 31.4 Å². The van der Waals surface area contributed by atoms with Gasteiger partial charge in [-0.3, -0.25) is 4.79 Å². The number of ether oxygens (including phenoxy) is 1. The number of benzene rings is 1. The first-order valence-corrected chi connectivity index (χ1v) is 7.69. The van der Waals surface area contributed by atoms with Crippen LogP contribution >= 0.6 is 0 Å². The van der Waals surface area contributed by atoms with Crippen LogP contribution in [0.25, 0.3) is 0 Å². The minimum Gasteiger partial charge on any atom is -0.491 e. The lowest BCUT2D eigenvalue weighted by Gasteiger charge is -2.20. The smallest absolute Gasteiger partial charge is 0.312 e. The number of amides is 3. The number of nitrogens with one attached hydrogen (secondary N) is 2. The highest BCUT2D eigenvalue weighted by Crippen LogP contribution is 2.24. The van der Waals surface area contributed by atoms with Crippen molar-refractivity contribution in [3.05, 3.63) is 29.8 Å². The maximum absolute atomic E-state index is 11.8. The molecule has 1 rings (SSSR count). The Kier molecular flexibility index (Phi) is 6.42. The Balaban J connectivity index is 2.45. The fraction of sp³-hybridized carbons (Fsp3) is 0.529. The molecule has 23 heavy (non-hydrogen) atoms. The molecule has 128 valence electrons. The van der Waals surface area contributed by atoms with Gasteiger partial charge in [-0.2, -0.15) is 0 Å². The molecule has 0 unspecified atom stereocenters. The number of carbonyl (C=O) groups is 2. The predicted octanol–water partition coefficient (Wildman–Crippen LogP) is 1.92. The number of hydrogen-bond donors (Lipinski definition) is 3. The highest BCUT2D eigenvalue weighted by molar-refractivity contribution is 5.86. The van der Waals surface area contributed by atoms with E-state index in [1.165, 1.54) is 5.56 Å². The summed E-state index contributed by atoms with van der Waals surface area (Å²) in [4.78, 5) is 22.5. The molecule has 0 aliphatic heterocycles. The number of primary amides is 1. The van der Waals surface area contributed by atoms with E-state index >= 15 is 0 Å². The van der Waals surface area contributed by atoms with Crippen LogP contribution in [0.15, 0.2) is 24.3 Å². The van der Waals surface area contributed by atoms with Crippen molar-refractivity contribution in [1.82, 2.24) is 10.6 Å². The average molecular weight is 321 g/mol. The highest BCUT2D eigenvalue weighted by atomic mass is 16.5. The average Bonchev–Trinajstić information content (AvgIpc) is 2.43. The van der Waals surface area contributed by atoms with Crippen molar-refractivity contribution in [3.63, 3.8) is 0 Å². The zero-order chi connectivity index (χ0) is 17.6. The first-order chi connectivity index (χ1) is 10.6. The first kappa shape index (κ1) is 18.8. The van der Waals surface area contributed by atoms with Crippen molar-refractivity contribution in [2.75, 3.05) is 6.61 Å². The van der Waals surface area contributed by atoms with Gasteiger partial charge in [-0.05, 0) is 37.0 Å². The molecule has 2 atom stereocenters. The number of carbonyl (C=O) groups excluding carboxylic acids is 2. The molecule has 0 fully saturated rings. The Hall–Kier alpha value is -2.24. The summed E-state index contributed by atoms with van der Waals surface area (Å²) >= 11 is 0. The molecule has 0 aliphatic carbocycles. The first-order valence-electron chi connectivity index (χ1n) is 7.69. The summed E-state index contributed by atoms with van der Waals surface area (Å²) in [5, 5.41) is 5.08. The van der Waals surface area contributed by atoms with E-state index in [0.29, 0.717) is 6.61 Å². The maximum Gasteiger partial charge on any atom is 0.312 e. The standard InChI is InChI=1S/C17H27N3O3/c1-11(19-15(21)12(2)20-16(18)22)10-23-14-8-6-13(7-9-14)17(3,4)5/h6-9,11-12H,10H2,1-5H3,(H,19,21)(H3,18,20,22)/t11-,12-/m0/s1. The van der Waals surface area contributed by atoms with Gasteiger partial charge >= 0.3 is 6.03 Å². The van der Waals surface area contributed by atoms with Crippen molar-refractivity contribution in [2.45, 2.75) is 52.1 Å². The molecule has 1 aromatic rings. The maximum atomic E-state index is 11.8. The molecule has 3 amide bonds. The number of hydrogen-bond acceptors (Lipinski definition) is 3. The van der Waals surface area contributed by atoms with Crippen LogP contribution in [-0.2, 0) is 10.2 Å². The van der Waals surface area contributed by atoms with Crippen molar-refractivity contribution in [3.8, 4) is 5.75 Å². The second-order valence-electron chi connectivity index (χ2n) is 6.73. The summed E-state index contributed by atoms with van der Waals surface area (Å²) in [6.45, 7) is 10.2. The van der Waals surface area contributed by atoms with Gasteiger partial charge in [-0.15, -0.1) is 0 Å². The zero-order valence-electron chi connectivity index (χ0n) is 14.5. The molecule has 0 saturated carbocycles. The fourth-order valence-electron chi connectivity index (χ4n) is 1.96. The minimum absolute atomic E-state index is 0.101. The van der Waals surface area contributed by atoms with E-state index in [1.807, 2.05) is 31.2 Å². The normalized spacial score (nSPS) is 13.8. The van der Waals surface area contributed by atoms with Crippen LogP contribution in [0.2, 0.25) is 0 Å². The highest BCUT2D eigenvalue weighted by Gasteiger charge is 2.17. The largest absolute Gasteiger partial charge is 0.491 e. The van der Waals surface area contributed by atoms with Gasteiger partial charge in [0.2, 0.25) is 5.91 Å². The quantitative estimate of drug-likeness (QED) is 0.747. The van der Waals surface area contributed by atoms with E-state index in [0.717, 1.165) is 5.75 Å². The second-order valence-corrected chi connectivity index (χ2v) is 6.73. The van der Waals surface area contributed by atoms with Crippen LogP contribution in [0.5, 0.6) is 5.75 Å². The molecule has 0 aromatic heterocycles. The van der Waals surface area contributed by atoms with E-state index in [1.54, 1.807) is 6.92 Å². The van der Waals surface area contributed by atoms with Crippen molar-refractivity contribution in [2.24, 2.45) is 5.73 Å². The molecular weight excluding hydrogens is 294 g/mol. The second kappa shape index (κ2) is 7.85. The van der Waals surface area contributed by atoms with Crippen LogP contribution in [-0.4, -0.2) is 30.6 Å². The third-order valence-corrected chi connectivity index (χ3v) is 3.36. The summed E-state index contributed by atoms with van der Waals surface area (Å²) in [5.41, 5.74) is 6.32. The molecule has 6 nitrogen and oxygen atoms in total. The summed E-state index contributed by atoms with van der Waals surface area (Å²) in [6, 6.07) is 6.33.